The van der Waals surface area contributed by atoms with Crippen molar-refractivity contribution in [3.05, 3.63) is 53.1 Å². The number of ether oxygens (including phenoxy) is 1. The van der Waals surface area contributed by atoms with Crippen molar-refractivity contribution in [2.24, 2.45) is 4.40 Å². The summed E-state index contributed by atoms with van der Waals surface area (Å²) < 4.78 is 32.6. The van der Waals surface area contributed by atoms with E-state index in [1.54, 1.807) is 23.1 Å². The van der Waals surface area contributed by atoms with Crippen LogP contribution in [0, 0.1) is 25.2 Å². The molecule has 0 N–H and O–H groups in total. The van der Waals surface area contributed by atoms with Gasteiger partial charge in [0.25, 0.3) is 15.9 Å². The second-order valence-electron chi connectivity index (χ2n) is 7.97. The van der Waals surface area contributed by atoms with E-state index in [0.717, 1.165) is 16.8 Å². The molecular weight excluding hydrogens is 476 g/mol. The van der Waals surface area contributed by atoms with Crippen molar-refractivity contribution in [3.63, 3.8) is 0 Å². The number of hydrogen-bond donors (Lipinski definition) is 0. The van der Waals surface area contributed by atoms with Crippen LogP contribution < -0.4 is 9.80 Å². The van der Waals surface area contributed by atoms with E-state index in [1.165, 1.54) is 16.7 Å². The molecule has 0 saturated heterocycles. The highest BCUT2D eigenvalue weighted by molar-refractivity contribution is 8.15. The highest BCUT2D eigenvalue weighted by atomic mass is 32.2. The minimum Gasteiger partial charge on any atom is -0.452 e. The number of carbonyl (C=O) groups excluding carboxylic acids is 2. The molecule has 0 aliphatic carbocycles. The molecule has 2 aliphatic rings. The van der Waals surface area contributed by atoms with Gasteiger partial charge in [0.15, 0.2) is 11.8 Å². The average molecular weight is 499 g/mol. The number of aryl methyl sites for hydroxylation is 2. The Labute approximate surface area is 202 Å². The Bertz CT molecular complexity index is 1330. The Morgan fingerprint density at radius 3 is 2.65 bits per heavy atom. The number of amides is 1. The summed E-state index contributed by atoms with van der Waals surface area (Å²) in [4.78, 5) is 29.5. The highest BCUT2D eigenvalue weighted by Gasteiger charge is 2.33. The molecule has 0 fully saturated rings. The van der Waals surface area contributed by atoms with Crippen LogP contribution >= 0.6 is 11.8 Å². The molecular formula is C23H22N4O5S2. The maximum atomic E-state index is 12.9. The molecule has 176 valence electrons. The van der Waals surface area contributed by atoms with Gasteiger partial charge in [0, 0.05) is 23.7 Å². The van der Waals surface area contributed by atoms with Gasteiger partial charge in [-0.05, 0) is 67.1 Å². The summed E-state index contributed by atoms with van der Waals surface area (Å²) in [5, 5.41) is 9.35. The predicted octanol–water partition coefficient (Wildman–Crippen LogP) is 3.02. The number of amidine groups is 1. The third-order valence-electron chi connectivity index (χ3n) is 5.30. The van der Waals surface area contributed by atoms with Gasteiger partial charge in [0.05, 0.1) is 29.5 Å². The molecule has 9 nitrogen and oxygen atoms in total. The van der Waals surface area contributed by atoms with E-state index in [9.17, 15) is 18.0 Å². The van der Waals surface area contributed by atoms with Crippen LogP contribution in [0.4, 0.5) is 11.4 Å². The lowest BCUT2D eigenvalue weighted by Crippen LogP contribution is -2.35. The molecule has 0 bridgehead atoms. The van der Waals surface area contributed by atoms with Gasteiger partial charge in [0.2, 0.25) is 0 Å². The molecule has 2 aromatic carbocycles. The highest BCUT2D eigenvalue weighted by Crippen LogP contribution is 2.42. The van der Waals surface area contributed by atoms with Crippen LogP contribution in [-0.2, 0) is 19.6 Å². The van der Waals surface area contributed by atoms with Crippen LogP contribution in [0.3, 0.4) is 0 Å². The lowest BCUT2D eigenvalue weighted by atomic mass is 10.1. The summed E-state index contributed by atoms with van der Waals surface area (Å²) in [7, 11) is -3.47. The normalized spacial score (nSPS) is 15.6. The number of hydrogen-bond acceptors (Lipinski definition) is 8. The average Bonchev–Trinajstić information content (AvgIpc) is 3.12. The summed E-state index contributed by atoms with van der Waals surface area (Å²) >= 11 is 1.18. The minimum absolute atomic E-state index is 0.0643. The SMILES string of the molecule is Cc1cc(C)cc(N(CCC#N)C(=O)COC(=O)c2ccc3c(c2)SC2=NS(=O)(=O)CCN23)c1. The van der Waals surface area contributed by atoms with Crippen molar-refractivity contribution in [3.8, 4) is 6.07 Å². The van der Waals surface area contributed by atoms with Gasteiger partial charge in [-0.2, -0.15) is 5.26 Å². The van der Waals surface area contributed by atoms with Gasteiger partial charge < -0.3 is 14.5 Å². The zero-order valence-corrected chi connectivity index (χ0v) is 20.3. The first-order valence-corrected chi connectivity index (χ1v) is 12.9. The second kappa shape index (κ2) is 9.48. The number of carbonyl (C=O) groups is 2. The quantitative estimate of drug-likeness (QED) is 0.558. The van der Waals surface area contributed by atoms with Gasteiger partial charge in [-0.15, -0.1) is 4.40 Å². The van der Waals surface area contributed by atoms with Crippen LogP contribution in [0.15, 0.2) is 45.7 Å². The van der Waals surface area contributed by atoms with Crippen molar-refractivity contribution >= 4 is 50.2 Å². The molecule has 0 spiro atoms. The van der Waals surface area contributed by atoms with Crippen molar-refractivity contribution in [2.45, 2.75) is 25.2 Å². The Kier molecular flexibility index (Phi) is 6.63. The fourth-order valence-corrected chi connectivity index (χ4v) is 6.11. The van der Waals surface area contributed by atoms with E-state index in [2.05, 4.69) is 4.40 Å². The van der Waals surface area contributed by atoms with E-state index in [4.69, 9.17) is 10.00 Å². The van der Waals surface area contributed by atoms with Gasteiger partial charge >= 0.3 is 5.97 Å². The Balaban J connectivity index is 1.46. The largest absolute Gasteiger partial charge is 0.452 e. The molecule has 2 aliphatic heterocycles. The van der Waals surface area contributed by atoms with E-state index < -0.39 is 28.5 Å². The molecule has 2 heterocycles. The third-order valence-corrected chi connectivity index (χ3v) is 7.61. The monoisotopic (exact) mass is 498 g/mol. The fourth-order valence-electron chi connectivity index (χ4n) is 3.81. The topological polar surface area (TPSA) is 120 Å². The fraction of sp³-hybridized carbons (Fsp3) is 0.304. The number of thioether (sulfide) groups is 1. The summed E-state index contributed by atoms with van der Waals surface area (Å²) in [6, 6.07) is 12.6. The molecule has 11 heteroatoms. The number of anilines is 2. The number of nitrogens with zero attached hydrogens (tertiary/aromatic N) is 4. The van der Waals surface area contributed by atoms with E-state index in [0.29, 0.717) is 22.3 Å². The molecule has 4 rings (SSSR count). The van der Waals surface area contributed by atoms with Crippen LogP contribution in [0.2, 0.25) is 0 Å². The van der Waals surface area contributed by atoms with E-state index >= 15 is 0 Å². The number of esters is 1. The van der Waals surface area contributed by atoms with Gasteiger partial charge in [-0.25, -0.2) is 13.2 Å². The molecule has 34 heavy (non-hydrogen) atoms. The third kappa shape index (κ3) is 5.08. The van der Waals surface area contributed by atoms with Crippen molar-refractivity contribution < 1.29 is 22.7 Å². The molecule has 0 saturated carbocycles. The van der Waals surface area contributed by atoms with Crippen LogP contribution in [0.5, 0.6) is 0 Å². The first kappa shape index (κ1) is 23.8. The van der Waals surface area contributed by atoms with Crippen LogP contribution in [-0.4, -0.2) is 50.9 Å². The predicted molar refractivity (Wildman–Crippen MR) is 130 cm³/mol. The zero-order chi connectivity index (χ0) is 24.5. The smallest absolute Gasteiger partial charge is 0.338 e. The number of nitriles is 1. The van der Waals surface area contributed by atoms with Crippen molar-refractivity contribution in [2.75, 3.05) is 35.2 Å². The van der Waals surface area contributed by atoms with Crippen molar-refractivity contribution in [1.82, 2.24) is 0 Å². The van der Waals surface area contributed by atoms with Gasteiger partial charge in [-0.1, -0.05) is 6.07 Å². The molecule has 1 amide bonds. The lowest BCUT2D eigenvalue weighted by molar-refractivity contribution is -0.121. The standard InChI is InChI=1S/C23H22N4O5S2/c1-15-10-16(2)12-18(11-15)26(7-3-6-24)21(28)14-32-22(29)17-4-5-19-20(13-17)33-23-25-34(30,31)9-8-27(19)23/h4-5,10-13H,3,7-9,14H2,1-2H3. The molecule has 0 atom stereocenters. The van der Waals surface area contributed by atoms with Gasteiger partial charge in [0.1, 0.15) is 0 Å². The number of rotatable bonds is 6. The molecule has 0 aromatic heterocycles. The van der Waals surface area contributed by atoms with E-state index in [-0.39, 0.29) is 24.3 Å². The summed E-state index contributed by atoms with van der Waals surface area (Å²) in [6.07, 6.45) is 0.144. The summed E-state index contributed by atoms with van der Waals surface area (Å²) in [6.45, 7) is 3.85. The minimum atomic E-state index is -3.47. The second-order valence-corrected chi connectivity index (χ2v) is 10.7. The summed E-state index contributed by atoms with van der Waals surface area (Å²) in [5.74, 6) is -1.16. The first-order chi connectivity index (χ1) is 16.2. The van der Waals surface area contributed by atoms with E-state index in [1.807, 2.05) is 38.1 Å². The lowest BCUT2D eigenvalue weighted by Gasteiger charge is -2.23. The molecule has 0 unspecified atom stereocenters. The molecule has 2 aromatic rings. The zero-order valence-electron chi connectivity index (χ0n) is 18.6. The number of sulfonamides is 1. The maximum absolute atomic E-state index is 12.9. The first-order valence-electron chi connectivity index (χ1n) is 10.5. The number of fused-ring (bicyclic) bond motifs is 3. The molecule has 0 radical (unpaired) electrons. The maximum Gasteiger partial charge on any atom is 0.338 e. The summed E-state index contributed by atoms with van der Waals surface area (Å²) in [5.41, 5.74) is 3.63. The van der Waals surface area contributed by atoms with Crippen LogP contribution in [0.25, 0.3) is 0 Å². The Morgan fingerprint density at radius 2 is 1.94 bits per heavy atom. The number of benzene rings is 2. The van der Waals surface area contributed by atoms with Gasteiger partial charge in [-0.3, -0.25) is 4.79 Å². The Hall–Kier alpha value is -3.36. The van der Waals surface area contributed by atoms with Crippen LogP contribution in [0.1, 0.15) is 27.9 Å². The van der Waals surface area contributed by atoms with Crippen molar-refractivity contribution in [1.29, 1.82) is 5.26 Å². The Morgan fingerprint density at radius 1 is 1.21 bits per heavy atom.